The smallest absolute Gasteiger partial charge is 0.239 e. The maximum atomic E-state index is 13.0. The van der Waals surface area contributed by atoms with Crippen LogP contribution in [0.25, 0.3) is 11.0 Å². The molecule has 0 bridgehead atoms. The van der Waals surface area contributed by atoms with Gasteiger partial charge in [0, 0.05) is 20.1 Å². The first-order valence-electron chi connectivity index (χ1n) is 9.38. The molecule has 1 aliphatic heterocycles. The van der Waals surface area contributed by atoms with Crippen LogP contribution in [-0.4, -0.2) is 45.3 Å². The average Bonchev–Trinajstić information content (AvgIpc) is 2.72. The van der Waals surface area contributed by atoms with Gasteiger partial charge in [-0.25, -0.2) is 4.98 Å². The molecule has 1 atom stereocenters. The van der Waals surface area contributed by atoms with E-state index in [0.717, 1.165) is 36.2 Å². The number of nitrogens with zero attached hydrogens (tertiary/aromatic N) is 4. The number of aromatic nitrogens is 2. The van der Waals surface area contributed by atoms with Crippen molar-refractivity contribution in [3.63, 3.8) is 0 Å². The molecule has 0 aliphatic carbocycles. The Hall–Kier alpha value is -2.79. The van der Waals surface area contributed by atoms with Crippen LogP contribution < -0.4 is 0 Å². The number of carbonyl (C=O) groups excluding carboxylic acids is 1. The summed E-state index contributed by atoms with van der Waals surface area (Å²) in [6, 6.07) is 16.1. The molecule has 138 valence electrons. The lowest BCUT2D eigenvalue weighted by Gasteiger charge is -2.34. The van der Waals surface area contributed by atoms with Gasteiger partial charge in [0.25, 0.3) is 0 Å². The highest BCUT2D eigenvalue weighted by Crippen LogP contribution is 2.21. The van der Waals surface area contributed by atoms with E-state index in [1.165, 1.54) is 11.1 Å². The number of amides is 1. The van der Waals surface area contributed by atoms with E-state index in [1.54, 1.807) is 11.1 Å². The van der Waals surface area contributed by atoms with Gasteiger partial charge in [-0.1, -0.05) is 36.4 Å². The zero-order valence-corrected chi connectivity index (χ0v) is 15.8. The summed E-state index contributed by atoms with van der Waals surface area (Å²) in [6.45, 7) is 4.20. The second-order valence-corrected chi connectivity index (χ2v) is 7.21. The maximum Gasteiger partial charge on any atom is 0.239 e. The van der Waals surface area contributed by atoms with E-state index < -0.39 is 0 Å². The molecule has 0 saturated heterocycles. The number of para-hydroxylation sites is 2. The third-order valence-electron chi connectivity index (χ3n) is 5.34. The number of hydrogen-bond donors (Lipinski definition) is 0. The molecule has 2 heterocycles. The van der Waals surface area contributed by atoms with Crippen LogP contribution >= 0.6 is 0 Å². The molecule has 1 amide bonds. The van der Waals surface area contributed by atoms with Crippen molar-refractivity contribution in [1.29, 1.82) is 0 Å². The fourth-order valence-electron chi connectivity index (χ4n) is 3.72. The summed E-state index contributed by atoms with van der Waals surface area (Å²) in [5.41, 5.74) is 5.26. The van der Waals surface area contributed by atoms with Gasteiger partial charge >= 0.3 is 0 Å². The van der Waals surface area contributed by atoms with Gasteiger partial charge in [0.05, 0.1) is 35.5 Å². The van der Waals surface area contributed by atoms with Gasteiger partial charge in [-0.15, -0.1) is 0 Å². The Labute approximate surface area is 159 Å². The normalized spacial score (nSPS) is 15.3. The molecular formula is C22H24N4O. The molecule has 27 heavy (non-hydrogen) atoms. The minimum Gasteiger partial charge on any atom is -0.338 e. The van der Waals surface area contributed by atoms with Gasteiger partial charge in [0.2, 0.25) is 5.91 Å². The molecule has 2 aromatic carbocycles. The summed E-state index contributed by atoms with van der Waals surface area (Å²) in [7, 11) is 1.84. The number of hydrogen-bond acceptors (Lipinski definition) is 4. The van der Waals surface area contributed by atoms with Crippen LogP contribution in [0.2, 0.25) is 0 Å². The van der Waals surface area contributed by atoms with Crippen molar-refractivity contribution in [3.05, 3.63) is 71.5 Å². The van der Waals surface area contributed by atoms with Crippen molar-refractivity contribution < 1.29 is 4.79 Å². The largest absolute Gasteiger partial charge is 0.338 e. The number of fused-ring (bicyclic) bond motifs is 2. The first kappa shape index (κ1) is 17.6. The van der Waals surface area contributed by atoms with Crippen molar-refractivity contribution >= 4 is 16.9 Å². The minimum atomic E-state index is -0.156. The minimum absolute atomic E-state index is 0.115. The van der Waals surface area contributed by atoms with Gasteiger partial charge in [-0.05, 0) is 36.6 Å². The molecule has 0 unspecified atom stereocenters. The zero-order chi connectivity index (χ0) is 18.8. The van der Waals surface area contributed by atoms with E-state index >= 15 is 0 Å². The first-order chi connectivity index (χ1) is 13.1. The van der Waals surface area contributed by atoms with Gasteiger partial charge in [0.1, 0.15) is 0 Å². The van der Waals surface area contributed by atoms with Crippen molar-refractivity contribution in [1.82, 2.24) is 19.8 Å². The Morgan fingerprint density at radius 3 is 2.63 bits per heavy atom. The van der Waals surface area contributed by atoms with Crippen LogP contribution in [0, 0.1) is 0 Å². The second kappa shape index (κ2) is 7.45. The van der Waals surface area contributed by atoms with Gasteiger partial charge in [0.15, 0.2) is 0 Å². The number of benzene rings is 2. The summed E-state index contributed by atoms with van der Waals surface area (Å²) in [4.78, 5) is 26.0. The topological polar surface area (TPSA) is 49.3 Å². The molecule has 1 aromatic heterocycles. The summed E-state index contributed by atoms with van der Waals surface area (Å²) in [6.07, 6.45) is 2.75. The predicted octanol–water partition coefficient (Wildman–Crippen LogP) is 3.04. The quantitative estimate of drug-likeness (QED) is 0.718. The fraction of sp³-hybridized carbons (Fsp3) is 0.318. The number of rotatable bonds is 4. The van der Waals surface area contributed by atoms with Crippen LogP contribution in [0.15, 0.2) is 54.7 Å². The SMILES string of the molecule is C[C@H](C(=O)N(C)Cc1cnc2ccccc2n1)N1CCc2ccccc2C1. The molecule has 0 radical (unpaired) electrons. The fourth-order valence-corrected chi connectivity index (χ4v) is 3.72. The molecule has 0 N–H and O–H groups in total. The Morgan fingerprint density at radius 2 is 1.81 bits per heavy atom. The van der Waals surface area contributed by atoms with Crippen molar-refractivity contribution in [2.75, 3.05) is 13.6 Å². The average molecular weight is 360 g/mol. The first-order valence-corrected chi connectivity index (χ1v) is 9.38. The van der Waals surface area contributed by atoms with Crippen molar-refractivity contribution in [3.8, 4) is 0 Å². The van der Waals surface area contributed by atoms with E-state index in [9.17, 15) is 4.79 Å². The van der Waals surface area contributed by atoms with Gasteiger partial charge in [-0.2, -0.15) is 0 Å². The lowest BCUT2D eigenvalue weighted by molar-refractivity contribution is -0.136. The van der Waals surface area contributed by atoms with Crippen LogP contribution in [0.5, 0.6) is 0 Å². The number of carbonyl (C=O) groups is 1. The molecular weight excluding hydrogens is 336 g/mol. The maximum absolute atomic E-state index is 13.0. The predicted molar refractivity (Wildman–Crippen MR) is 106 cm³/mol. The van der Waals surface area contributed by atoms with E-state index in [-0.39, 0.29) is 11.9 Å². The van der Waals surface area contributed by atoms with Gasteiger partial charge in [-0.3, -0.25) is 14.7 Å². The lowest BCUT2D eigenvalue weighted by Crippen LogP contribution is -2.47. The monoisotopic (exact) mass is 360 g/mol. The van der Waals surface area contributed by atoms with E-state index in [0.29, 0.717) is 6.54 Å². The zero-order valence-electron chi connectivity index (χ0n) is 15.8. The molecule has 5 nitrogen and oxygen atoms in total. The van der Waals surface area contributed by atoms with Crippen LogP contribution in [0.4, 0.5) is 0 Å². The van der Waals surface area contributed by atoms with Crippen LogP contribution in [-0.2, 0) is 24.3 Å². The van der Waals surface area contributed by atoms with Crippen LogP contribution in [0.3, 0.4) is 0 Å². The molecule has 4 rings (SSSR count). The second-order valence-electron chi connectivity index (χ2n) is 7.21. The van der Waals surface area contributed by atoms with Crippen molar-refractivity contribution in [2.24, 2.45) is 0 Å². The Balaban J connectivity index is 1.43. The summed E-state index contributed by atoms with van der Waals surface area (Å²) in [5.74, 6) is 0.115. The van der Waals surface area contributed by atoms with Crippen molar-refractivity contribution in [2.45, 2.75) is 32.5 Å². The molecule has 5 heteroatoms. The van der Waals surface area contributed by atoms with E-state index in [4.69, 9.17) is 0 Å². The summed E-state index contributed by atoms with van der Waals surface area (Å²) in [5, 5.41) is 0. The Morgan fingerprint density at radius 1 is 1.11 bits per heavy atom. The Bertz CT molecular complexity index is 971. The van der Waals surface area contributed by atoms with Crippen LogP contribution in [0.1, 0.15) is 23.7 Å². The van der Waals surface area contributed by atoms with E-state index in [1.807, 2.05) is 38.2 Å². The molecule has 0 fully saturated rings. The molecule has 1 aliphatic rings. The number of likely N-dealkylation sites (N-methyl/N-ethyl adjacent to an activating group) is 1. The lowest BCUT2D eigenvalue weighted by atomic mass is 9.98. The highest BCUT2D eigenvalue weighted by Gasteiger charge is 2.27. The summed E-state index contributed by atoms with van der Waals surface area (Å²) < 4.78 is 0. The molecule has 0 spiro atoms. The van der Waals surface area contributed by atoms with Gasteiger partial charge < -0.3 is 4.90 Å². The standard InChI is InChI=1S/C22H24N4O/c1-16(26-12-11-17-7-3-4-8-18(17)14-26)22(27)25(2)15-19-13-23-20-9-5-6-10-21(20)24-19/h3-10,13,16H,11-12,14-15H2,1-2H3/t16-/m1/s1. The third-order valence-corrected chi connectivity index (χ3v) is 5.34. The Kier molecular flexibility index (Phi) is 4.86. The highest BCUT2D eigenvalue weighted by atomic mass is 16.2. The molecule has 3 aromatic rings. The highest BCUT2D eigenvalue weighted by molar-refractivity contribution is 5.81. The molecule has 0 saturated carbocycles. The third kappa shape index (κ3) is 3.69. The van der Waals surface area contributed by atoms with E-state index in [2.05, 4.69) is 39.1 Å². The summed E-state index contributed by atoms with van der Waals surface area (Å²) >= 11 is 0.